The number of pyridine rings is 1. The standard InChI is InChI=1S/C20H23FN2O5/c21-19-15(24)7-6-14(22-19)16(25)10-23-9-12-8-17(18(26)20(12,27)11-23)28-13-4-2-1-3-5-13/h1-7,12,16-18,24-27H,8-11H2/t12-,16+,17+,18+,20-/m1/s1. The maximum atomic E-state index is 13.4. The van der Waals surface area contributed by atoms with Crippen molar-refractivity contribution in [1.82, 2.24) is 9.88 Å². The summed E-state index contributed by atoms with van der Waals surface area (Å²) in [7, 11) is 0. The van der Waals surface area contributed by atoms with Crippen molar-refractivity contribution in [2.24, 2.45) is 5.92 Å². The number of aromatic nitrogens is 1. The first-order valence-corrected chi connectivity index (χ1v) is 9.25. The van der Waals surface area contributed by atoms with Crippen LogP contribution in [-0.4, -0.2) is 67.8 Å². The Bertz CT molecular complexity index is 839. The number of ether oxygens (including phenoxy) is 1. The molecule has 1 saturated heterocycles. The van der Waals surface area contributed by atoms with Crippen LogP contribution in [0.1, 0.15) is 18.2 Å². The molecule has 0 radical (unpaired) electrons. The molecule has 0 spiro atoms. The second-order valence-corrected chi connectivity index (χ2v) is 7.59. The fraction of sp³-hybridized carbons (Fsp3) is 0.450. The van der Waals surface area contributed by atoms with Crippen LogP contribution in [0.3, 0.4) is 0 Å². The van der Waals surface area contributed by atoms with Gasteiger partial charge in [-0.1, -0.05) is 18.2 Å². The molecule has 4 rings (SSSR count). The fourth-order valence-corrected chi connectivity index (χ4v) is 4.26. The lowest BCUT2D eigenvalue weighted by atomic mass is 9.93. The highest BCUT2D eigenvalue weighted by atomic mass is 19.1. The second-order valence-electron chi connectivity index (χ2n) is 7.59. The normalized spacial score (nSPS) is 30.9. The van der Waals surface area contributed by atoms with Gasteiger partial charge in [0.05, 0.1) is 5.69 Å². The molecule has 28 heavy (non-hydrogen) atoms. The SMILES string of the molecule is Oc1ccc([C@@H](O)CN2C[C@H]3C[C@H](Oc4ccccc4)[C@H](O)[C@@]3(O)C2)nc1F. The van der Waals surface area contributed by atoms with Gasteiger partial charge >= 0.3 is 0 Å². The van der Waals surface area contributed by atoms with Crippen molar-refractivity contribution in [3.8, 4) is 11.5 Å². The highest BCUT2D eigenvalue weighted by Crippen LogP contribution is 2.43. The first-order valence-electron chi connectivity index (χ1n) is 9.25. The minimum atomic E-state index is -1.33. The molecule has 2 aliphatic rings. The molecule has 2 aromatic rings. The van der Waals surface area contributed by atoms with Gasteiger partial charge in [-0.05, 0) is 30.7 Å². The van der Waals surface area contributed by atoms with E-state index in [1.54, 1.807) is 12.1 Å². The van der Waals surface area contributed by atoms with Crippen LogP contribution >= 0.6 is 0 Å². The maximum absolute atomic E-state index is 13.4. The summed E-state index contributed by atoms with van der Waals surface area (Å²) in [6, 6.07) is 11.7. The van der Waals surface area contributed by atoms with Crippen molar-refractivity contribution in [2.45, 2.75) is 30.3 Å². The van der Waals surface area contributed by atoms with Crippen molar-refractivity contribution < 1.29 is 29.6 Å². The van der Waals surface area contributed by atoms with E-state index in [0.29, 0.717) is 18.7 Å². The van der Waals surface area contributed by atoms with Gasteiger partial charge in [-0.3, -0.25) is 4.90 Å². The molecule has 4 N–H and O–H groups in total. The van der Waals surface area contributed by atoms with Gasteiger partial charge in [0, 0.05) is 25.6 Å². The van der Waals surface area contributed by atoms with Crippen LogP contribution < -0.4 is 4.74 Å². The van der Waals surface area contributed by atoms with Gasteiger partial charge in [0.2, 0.25) is 0 Å². The highest BCUT2D eigenvalue weighted by Gasteiger charge is 2.59. The number of aliphatic hydroxyl groups excluding tert-OH is 2. The number of β-amino-alcohol motifs (C(OH)–C–C–N with tert-alkyl or cyclic N) is 2. The number of halogens is 1. The maximum Gasteiger partial charge on any atom is 0.255 e. The molecule has 150 valence electrons. The van der Waals surface area contributed by atoms with Gasteiger partial charge < -0.3 is 25.2 Å². The van der Waals surface area contributed by atoms with E-state index < -0.39 is 35.6 Å². The van der Waals surface area contributed by atoms with Crippen molar-refractivity contribution in [3.63, 3.8) is 0 Å². The Hall–Kier alpha value is -2.26. The first-order chi connectivity index (χ1) is 13.4. The molecule has 0 amide bonds. The summed E-state index contributed by atoms with van der Waals surface area (Å²) in [4.78, 5) is 5.38. The number of nitrogens with zero attached hydrogens (tertiary/aromatic N) is 2. The number of aliphatic hydroxyl groups is 3. The van der Waals surface area contributed by atoms with E-state index in [1.807, 2.05) is 23.1 Å². The first kappa shape index (κ1) is 19.1. The number of fused-ring (bicyclic) bond motifs is 1. The molecule has 1 aromatic heterocycles. The molecule has 8 heteroatoms. The van der Waals surface area contributed by atoms with E-state index >= 15 is 0 Å². The summed E-state index contributed by atoms with van der Waals surface area (Å²) < 4.78 is 19.2. The topological polar surface area (TPSA) is 106 Å². The minimum Gasteiger partial charge on any atom is -0.504 e. The number of benzene rings is 1. The molecule has 0 bridgehead atoms. The summed E-state index contributed by atoms with van der Waals surface area (Å²) in [5.41, 5.74) is -1.22. The number of hydrogen-bond donors (Lipinski definition) is 4. The van der Waals surface area contributed by atoms with Crippen LogP contribution in [0.5, 0.6) is 11.5 Å². The molecular formula is C20H23FN2O5. The summed E-state index contributed by atoms with van der Waals surface area (Å²) in [5.74, 6) is -1.17. The largest absolute Gasteiger partial charge is 0.504 e. The van der Waals surface area contributed by atoms with E-state index in [1.165, 1.54) is 6.07 Å². The van der Waals surface area contributed by atoms with Crippen LogP contribution in [0.2, 0.25) is 0 Å². The third kappa shape index (κ3) is 3.44. The Kier molecular flexibility index (Phi) is 4.96. The van der Waals surface area contributed by atoms with Crippen LogP contribution in [-0.2, 0) is 0 Å². The molecule has 0 unspecified atom stereocenters. The van der Waals surface area contributed by atoms with Gasteiger partial charge in [-0.15, -0.1) is 0 Å². The Morgan fingerprint density at radius 1 is 1.25 bits per heavy atom. The zero-order valence-electron chi connectivity index (χ0n) is 15.1. The van der Waals surface area contributed by atoms with E-state index in [0.717, 1.165) is 6.07 Å². The Morgan fingerprint density at radius 3 is 2.68 bits per heavy atom. The predicted molar refractivity (Wildman–Crippen MR) is 97.2 cm³/mol. The van der Waals surface area contributed by atoms with Crippen molar-refractivity contribution in [1.29, 1.82) is 0 Å². The molecule has 5 atom stereocenters. The molecule has 1 aliphatic heterocycles. The van der Waals surface area contributed by atoms with E-state index in [-0.39, 0.29) is 24.7 Å². The average molecular weight is 390 g/mol. The van der Waals surface area contributed by atoms with Gasteiger partial charge in [0.1, 0.15) is 29.7 Å². The molecule has 7 nitrogen and oxygen atoms in total. The fourth-order valence-electron chi connectivity index (χ4n) is 4.26. The Morgan fingerprint density at radius 2 is 2.00 bits per heavy atom. The van der Waals surface area contributed by atoms with Crippen molar-refractivity contribution in [2.75, 3.05) is 19.6 Å². The number of likely N-dealkylation sites (tertiary alicyclic amines) is 1. The van der Waals surface area contributed by atoms with Crippen LogP contribution in [0.25, 0.3) is 0 Å². The zero-order valence-corrected chi connectivity index (χ0v) is 15.1. The van der Waals surface area contributed by atoms with Gasteiger partial charge in [0.15, 0.2) is 5.75 Å². The van der Waals surface area contributed by atoms with Crippen LogP contribution in [0.15, 0.2) is 42.5 Å². The van der Waals surface area contributed by atoms with Gasteiger partial charge in [-0.25, -0.2) is 4.98 Å². The number of hydrogen-bond acceptors (Lipinski definition) is 7. The quantitative estimate of drug-likeness (QED) is 0.561. The monoisotopic (exact) mass is 390 g/mol. The van der Waals surface area contributed by atoms with E-state index in [2.05, 4.69) is 4.98 Å². The predicted octanol–water partition coefficient (Wildman–Crippen LogP) is 0.835. The lowest BCUT2D eigenvalue weighted by molar-refractivity contribution is -0.0876. The highest BCUT2D eigenvalue weighted by molar-refractivity contribution is 5.23. The number of rotatable bonds is 5. The number of para-hydroxylation sites is 1. The van der Waals surface area contributed by atoms with E-state index in [4.69, 9.17) is 4.74 Å². The van der Waals surface area contributed by atoms with Crippen molar-refractivity contribution >= 4 is 0 Å². The van der Waals surface area contributed by atoms with Gasteiger partial charge in [-0.2, -0.15) is 4.39 Å². The van der Waals surface area contributed by atoms with Crippen LogP contribution in [0, 0.1) is 11.9 Å². The lowest BCUT2D eigenvalue weighted by Gasteiger charge is -2.29. The third-order valence-corrected chi connectivity index (χ3v) is 5.70. The number of aromatic hydroxyl groups is 1. The van der Waals surface area contributed by atoms with Crippen LogP contribution in [0.4, 0.5) is 4.39 Å². The second kappa shape index (κ2) is 7.29. The lowest BCUT2D eigenvalue weighted by Crippen LogP contribution is -2.49. The summed E-state index contributed by atoms with van der Waals surface area (Å²) in [6.45, 7) is 0.776. The molecule has 1 saturated carbocycles. The Labute approximate surface area is 161 Å². The molecule has 1 aliphatic carbocycles. The molecule has 2 heterocycles. The van der Waals surface area contributed by atoms with Gasteiger partial charge in [0.25, 0.3) is 5.95 Å². The zero-order chi connectivity index (χ0) is 19.9. The smallest absolute Gasteiger partial charge is 0.255 e. The average Bonchev–Trinajstić information content (AvgIpc) is 3.10. The Balaban J connectivity index is 1.39. The molecular weight excluding hydrogens is 367 g/mol. The molecule has 1 aromatic carbocycles. The summed E-state index contributed by atoms with van der Waals surface area (Å²) in [6.07, 6.45) is -2.14. The third-order valence-electron chi connectivity index (χ3n) is 5.70. The summed E-state index contributed by atoms with van der Waals surface area (Å²) in [5, 5.41) is 41.2. The van der Waals surface area contributed by atoms with E-state index in [9.17, 15) is 24.8 Å². The minimum absolute atomic E-state index is 0.102. The summed E-state index contributed by atoms with van der Waals surface area (Å²) >= 11 is 0. The van der Waals surface area contributed by atoms with Crippen molar-refractivity contribution in [3.05, 3.63) is 54.1 Å². The molecule has 2 fully saturated rings.